The van der Waals surface area contributed by atoms with Crippen molar-refractivity contribution in [2.45, 2.75) is 38.5 Å². The van der Waals surface area contributed by atoms with Gasteiger partial charge in [0, 0.05) is 11.9 Å². The summed E-state index contributed by atoms with van der Waals surface area (Å²) in [6.45, 7) is 7.95. The average molecular weight is 434 g/mol. The van der Waals surface area contributed by atoms with Crippen LogP contribution in [0.4, 0.5) is 5.69 Å². The van der Waals surface area contributed by atoms with Crippen molar-refractivity contribution in [1.29, 1.82) is 0 Å². The molecular formula is C15H21IN3O2S-. The highest BCUT2D eigenvalue weighted by molar-refractivity contribution is 14.2. The Labute approximate surface area is 141 Å². The maximum Gasteiger partial charge on any atom is 0.206 e. The number of nitrogens with one attached hydrogen (secondary N) is 1. The monoisotopic (exact) mass is 434 g/mol. The smallest absolute Gasteiger partial charge is 0.206 e. The summed E-state index contributed by atoms with van der Waals surface area (Å²) in [5, 5.41) is 4.30. The van der Waals surface area contributed by atoms with Crippen LogP contribution in [-0.4, -0.2) is 14.3 Å². The molecule has 0 radical (unpaired) electrons. The fourth-order valence-electron chi connectivity index (χ4n) is 2.19. The number of rotatable bonds is 5. The van der Waals surface area contributed by atoms with Gasteiger partial charge in [0.1, 0.15) is 0 Å². The van der Waals surface area contributed by atoms with Crippen molar-refractivity contribution in [3.8, 4) is 0 Å². The first-order valence-corrected chi connectivity index (χ1v) is 12.0. The molecule has 22 heavy (non-hydrogen) atoms. The number of hydrogen-bond acceptors (Lipinski definition) is 4. The SMILES string of the molecule is Cc1nn(C)c(C)c1NS([O-])(I=O)c1ccc(C(C)C)cc1. The highest BCUT2D eigenvalue weighted by Gasteiger charge is 2.19. The van der Waals surface area contributed by atoms with Gasteiger partial charge in [-0.25, -0.2) is 0 Å². The second-order valence-corrected chi connectivity index (χ2v) is 12.1. The molecule has 0 amide bonds. The number of halogens is 1. The molecular weight excluding hydrogens is 413 g/mol. The summed E-state index contributed by atoms with van der Waals surface area (Å²) in [5.41, 5.74) is 3.50. The van der Waals surface area contributed by atoms with Crippen molar-refractivity contribution < 1.29 is 7.62 Å². The van der Waals surface area contributed by atoms with Gasteiger partial charge in [-0.15, -0.1) is 7.67 Å². The molecule has 0 aliphatic rings. The zero-order valence-electron chi connectivity index (χ0n) is 13.4. The third-order valence-electron chi connectivity index (χ3n) is 3.68. The van der Waals surface area contributed by atoms with Gasteiger partial charge in [-0.1, -0.05) is 26.0 Å². The molecule has 2 rings (SSSR count). The predicted octanol–water partition coefficient (Wildman–Crippen LogP) is 4.71. The Kier molecular flexibility index (Phi) is 5.29. The average Bonchev–Trinajstić information content (AvgIpc) is 2.73. The Morgan fingerprint density at radius 2 is 1.86 bits per heavy atom. The molecule has 0 aliphatic heterocycles. The summed E-state index contributed by atoms with van der Waals surface area (Å²) in [7, 11) is -0.949. The van der Waals surface area contributed by atoms with Crippen LogP contribution < -0.4 is 4.72 Å². The second kappa shape index (κ2) is 6.67. The van der Waals surface area contributed by atoms with E-state index in [4.69, 9.17) is 0 Å². The summed E-state index contributed by atoms with van der Waals surface area (Å²) in [6, 6.07) is 7.51. The Hall–Kier alpha value is -0.930. The van der Waals surface area contributed by atoms with Crippen molar-refractivity contribution >= 4 is 33.2 Å². The van der Waals surface area contributed by atoms with Crippen LogP contribution in [0.25, 0.3) is 0 Å². The van der Waals surface area contributed by atoms with E-state index in [-0.39, 0.29) is 0 Å². The lowest BCUT2D eigenvalue weighted by Gasteiger charge is -2.41. The van der Waals surface area contributed by atoms with Gasteiger partial charge in [0.25, 0.3) is 0 Å². The van der Waals surface area contributed by atoms with Crippen LogP contribution in [0.3, 0.4) is 0 Å². The number of aromatic nitrogens is 2. The summed E-state index contributed by atoms with van der Waals surface area (Å²) < 4.78 is 29.6. The summed E-state index contributed by atoms with van der Waals surface area (Å²) >= 11 is -1.76. The van der Waals surface area contributed by atoms with Crippen LogP contribution in [-0.2, 0) is 10.1 Å². The van der Waals surface area contributed by atoms with Crippen molar-refractivity contribution in [2.24, 2.45) is 7.05 Å². The Morgan fingerprint density at radius 3 is 2.27 bits per heavy atom. The Bertz CT molecular complexity index is 685. The summed E-state index contributed by atoms with van der Waals surface area (Å²) in [4.78, 5) is 0.586. The maximum atomic E-state index is 13.1. The van der Waals surface area contributed by atoms with E-state index in [9.17, 15) is 7.62 Å². The quantitative estimate of drug-likeness (QED) is 0.692. The van der Waals surface area contributed by atoms with Crippen LogP contribution in [0.15, 0.2) is 29.2 Å². The number of aryl methyl sites for hydroxylation is 2. The van der Waals surface area contributed by atoms with E-state index in [2.05, 4.69) is 23.7 Å². The molecule has 1 aromatic carbocycles. The molecule has 0 aliphatic carbocycles. The van der Waals surface area contributed by atoms with E-state index in [0.29, 0.717) is 16.5 Å². The van der Waals surface area contributed by atoms with Gasteiger partial charge in [-0.2, -0.15) is 5.10 Å². The van der Waals surface area contributed by atoms with Crippen LogP contribution in [0.2, 0.25) is 0 Å². The first-order chi connectivity index (χ1) is 10.3. The largest absolute Gasteiger partial charge is 0.784 e. The lowest BCUT2D eigenvalue weighted by atomic mass is 10.0. The van der Waals surface area contributed by atoms with Crippen molar-refractivity contribution in [3.63, 3.8) is 0 Å². The third kappa shape index (κ3) is 3.36. The number of nitrogens with zero attached hydrogens (tertiary/aromatic N) is 2. The Morgan fingerprint density at radius 1 is 1.27 bits per heavy atom. The topological polar surface area (TPSA) is 70.0 Å². The minimum Gasteiger partial charge on any atom is -0.784 e. The van der Waals surface area contributed by atoms with E-state index < -0.39 is 27.5 Å². The van der Waals surface area contributed by atoms with E-state index >= 15 is 0 Å². The fraction of sp³-hybridized carbons (Fsp3) is 0.400. The van der Waals surface area contributed by atoms with Crippen LogP contribution in [0, 0.1) is 13.8 Å². The van der Waals surface area contributed by atoms with E-state index in [1.54, 1.807) is 4.68 Å². The standard InChI is InChI=1S/C15H22IN3O2S/c1-10(2)13-6-8-14(9-7-13)22(21,16-20)18-15-11(3)17-19(5)12(15)4/h6-10,18,21H,1-5H3/p-1. The highest BCUT2D eigenvalue weighted by atomic mass is 127. The zero-order chi connectivity index (χ0) is 16.5. The molecule has 2 aromatic rings. The fourth-order valence-corrected chi connectivity index (χ4v) is 5.89. The molecule has 0 spiro atoms. The van der Waals surface area contributed by atoms with E-state index in [1.165, 1.54) is 5.56 Å². The Balaban J connectivity index is 2.37. The van der Waals surface area contributed by atoms with Gasteiger partial charge in [0.05, 0.1) is 17.1 Å². The maximum absolute atomic E-state index is 13.1. The molecule has 5 nitrogen and oxygen atoms in total. The molecule has 0 bridgehead atoms. The predicted molar refractivity (Wildman–Crippen MR) is 98.2 cm³/mol. The van der Waals surface area contributed by atoms with Gasteiger partial charge in [0.15, 0.2) is 0 Å². The van der Waals surface area contributed by atoms with Crippen LogP contribution in [0.5, 0.6) is 0 Å². The third-order valence-corrected chi connectivity index (χ3v) is 8.91. The molecule has 0 saturated heterocycles. The van der Waals surface area contributed by atoms with E-state index in [1.807, 2.05) is 45.2 Å². The molecule has 1 atom stereocenters. The van der Waals surface area contributed by atoms with Crippen molar-refractivity contribution in [3.05, 3.63) is 41.2 Å². The molecule has 1 N–H and O–H groups in total. The van der Waals surface area contributed by atoms with Gasteiger partial charge >= 0.3 is 0 Å². The van der Waals surface area contributed by atoms with Crippen LogP contribution in [0.1, 0.15) is 36.7 Å². The van der Waals surface area contributed by atoms with Gasteiger partial charge in [0.2, 0.25) is 19.8 Å². The molecule has 1 heterocycles. The lowest BCUT2D eigenvalue weighted by Crippen LogP contribution is -2.07. The number of hydrogen-bond donors (Lipinski definition) is 1. The first kappa shape index (κ1) is 17.4. The van der Waals surface area contributed by atoms with E-state index in [0.717, 1.165) is 11.4 Å². The normalized spacial score (nSPS) is 15.6. The second-order valence-electron chi connectivity index (χ2n) is 5.54. The van der Waals surface area contributed by atoms with Crippen molar-refractivity contribution in [1.82, 2.24) is 9.78 Å². The lowest BCUT2D eigenvalue weighted by molar-refractivity contribution is 0.602. The minimum atomic E-state index is -2.78. The molecule has 1 aromatic heterocycles. The zero-order valence-corrected chi connectivity index (χ0v) is 16.4. The van der Waals surface area contributed by atoms with Crippen LogP contribution >= 0.6 is 27.5 Å². The molecule has 0 saturated carbocycles. The molecule has 122 valence electrons. The number of benzene rings is 1. The van der Waals surface area contributed by atoms with Crippen molar-refractivity contribution in [2.75, 3.05) is 4.72 Å². The first-order valence-electron chi connectivity index (χ1n) is 6.99. The van der Waals surface area contributed by atoms with Gasteiger partial charge in [-0.05, 0) is 37.5 Å². The van der Waals surface area contributed by atoms with Gasteiger partial charge < -0.3 is 9.27 Å². The number of anilines is 1. The minimum absolute atomic E-state index is 0.405. The summed E-state index contributed by atoms with van der Waals surface area (Å²) in [6.07, 6.45) is 0. The highest BCUT2D eigenvalue weighted by Crippen LogP contribution is 2.62. The van der Waals surface area contributed by atoms with Gasteiger partial charge in [-0.3, -0.25) is 7.75 Å². The molecule has 0 fully saturated rings. The molecule has 7 heteroatoms. The molecule has 1 unspecified atom stereocenters. The summed E-state index contributed by atoms with van der Waals surface area (Å²) in [5.74, 6) is 0.405.